The Morgan fingerprint density at radius 1 is 1.67 bits per heavy atom. The van der Waals surface area contributed by atoms with Gasteiger partial charge in [0.05, 0.1) is 12.3 Å². The lowest BCUT2D eigenvalue weighted by molar-refractivity contribution is -0.121. The maximum Gasteiger partial charge on any atom is 0.241 e. The maximum atomic E-state index is 11.5. The molecule has 102 valence electrons. The van der Waals surface area contributed by atoms with Crippen LogP contribution in [0.1, 0.15) is 31.6 Å². The number of amides is 1. The maximum absolute atomic E-state index is 11.5. The van der Waals surface area contributed by atoms with E-state index in [2.05, 4.69) is 15.6 Å². The van der Waals surface area contributed by atoms with Crippen molar-refractivity contribution in [2.75, 3.05) is 20.3 Å². The van der Waals surface area contributed by atoms with Gasteiger partial charge in [0.2, 0.25) is 5.91 Å². The number of rotatable bonds is 8. The Morgan fingerprint density at radius 3 is 3.11 bits per heavy atom. The summed E-state index contributed by atoms with van der Waals surface area (Å²) in [6, 6.07) is 0. The second-order valence-electron chi connectivity index (χ2n) is 3.96. The zero-order valence-corrected chi connectivity index (χ0v) is 10.8. The molecule has 0 bridgehead atoms. The zero-order valence-electron chi connectivity index (χ0n) is 10.8. The van der Waals surface area contributed by atoms with Gasteiger partial charge in [-0.1, -0.05) is 12.1 Å². The first-order valence-electron chi connectivity index (χ1n) is 6.01. The molecule has 0 aliphatic rings. The van der Waals surface area contributed by atoms with Gasteiger partial charge in [0, 0.05) is 20.3 Å². The molecular weight excluding hydrogens is 236 g/mol. The van der Waals surface area contributed by atoms with Crippen molar-refractivity contribution in [3.05, 3.63) is 11.9 Å². The first-order valence-corrected chi connectivity index (χ1v) is 6.01. The Kier molecular flexibility index (Phi) is 6.31. The minimum atomic E-state index is -0.622. The Balaban J connectivity index is 2.33. The number of nitrogens with one attached hydrogen (secondary N) is 1. The van der Waals surface area contributed by atoms with Crippen LogP contribution in [-0.4, -0.2) is 46.3 Å². The average Bonchev–Trinajstić information content (AvgIpc) is 2.82. The van der Waals surface area contributed by atoms with Crippen LogP contribution in [0.4, 0.5) is 0 Å². The Bertz CT molecular complexity index is 367. The molecule has 1 aromatic rings. The van der Waals surface area contributed by atoms with Gasteiger partial charge in [0.15, 0.2) is 0 Å². The molecule has 0 radical (unpaired) electrons. The Morgan fingerprint density at radius 2 is 2.44 bits per heavy atom. The van der Waals surface area contributed by atoms with Crippen LogP contribution in [0.15, 0.2) is 6.20 Å². The summed E-state index contributed by atoms with van der Waals surface area (Å²) in [7, 11) is 1.62. The number of aliphatic hydroxyl groups is 1. The van der Waals surface area contributed by atoms with E-state index in [1.807, 2.05) is 6.92 Å². The van der Waals surface area contributed by atoms with E-state index in [9.17, 15) is 9.90 Å². The first-order chi connectivity index (χ1) is 8.67. The van der Waals surface area contributed by atoms with Crippen LogP contribution in [0, 0.1) is 0 Å². The molecule has 0 spiro atoms. The van der Waals surface area contributed by atoms with Crippen LogP contribution in [0.2, 0.25) is 0 Å². The molecule has 7 nitrogen and oxygen atoms in total. The molecule has 2 N–H and O–H groups in total. The second kappa shape index (κ2) is 7.78. The molecule has 0 aromatic carbocycles. The fraction of sp³-hybridized carbons (Fsp3) is 0.727. The van der Waals surface area contributed by atoms with Crippen molar-refractivity contribution in [3.8, 4) is 0 Å². The predicted molar refractivity (Wildman–Crippen MR) is 64.8 cm³/mol. The molecule has 0 aliphatic carbocycles. The minimum Gasteiger partial charge on any atom is -0.387 e. The van der Waals surface area contributed by atoms with E-state index in [0.717, 1.165) is 6.42 Å². The SMILES string of the molecule is CCC(O)c1cn(CC(=O)NCCCOC)nn1. The van der Waals surface area contributed by atoms with Gasteiger partial charge >= 0.3 is 0 Å². The molecule has 1 unspecified atom stereocenters. The molecule has 1 amide bonds. The van der Waals surface area contributed by atoms with Crippen molar-refractivity contribution in [1.82, 2.24) is 20.3 Å². The predicted octanol–water partition coefficient (Wildman–Crippen LogP) is -0.126. The lowest BCUT2D eigenvalue weighted by Crippen LogP contribution is -2.29. The lowest BCUT2D eigenvalue weighted by Gasteiger charge is -2.04. The van der Waals surface area contributed by atoms with Gasteiger partial charge in [0.1, 0.15) is 12.2 Å². The number of methoxy groups -OCH3 is 1. The summed E-state index contributed by atoms with van der Waals surface area (Å²) in [4.78, 5) is 11.5. The van der Waals surface area contributed by atoms with Crippen LogP contribution >= 0.6 is 0 Å². The molecule has 1 heterocycles. The summed E-state index contributed by atoms with van der Waals surface area (Å²) in [5, 5.41) is 19.9. The van der Waals surface area contributed by atoms with Crippen molar-refractivity contribution < 1.29 is 14.6 Å². The van der Waals surface area contributed by atoms with Gasteiger partial charge in [-0.05, 0) is 12.8 Å². The van der Waals surface area contributed by atoms with Crippen LogP contribution < -0.4 is 5.32 Å². The summed E-state index contributed by atoms with van der Waals surface area (Å²) in [5.41, 5.74) is 0.490. The fourth-order valence-electron chi connectivity index (χ4n) is 1.40. The zero-order chi connectivity index (χ0) is 13.4. The molecular formula is C11H20N4O3. The smallest absolute Gasteiger partial charge is 0.241 e. The molecule has 7 heteroatoms. The van der Waals surface area contributed by atoms with E-state index in [1.165, 1.54) is 4.68 Å². The van der Waals surface area contributed by atoms with Gasteiger partial charge in [-0.25, -0.2) is 4.68 Å². The third-order valence-electron chi connectivity index (χ3n) is 2.44. The largest absolute Gasteiger partial charge is 0.387 e. The van der Waals surface area contributed by atoms with Crippen LogP contribution in [-0.2, 0) is 16.1 Å². The highest BCUT2D eigenvalue weighted by Crippen LogP contribution is 2.11. The number of carbonyl (C=O) groups is 1. The molecule has 1 atom stereocenters. The fourth-order valence-corrected chi connectivity index (χ4v) is 1.40. The molecule has 0 fully saturated rings. The summed E-state index contributed by atoms with van der Waals surface area (Å²) in [5.74, 6) is -0.131. The van der Waals surface area contributed by atoms with Crippen molar-refractivity contribution in [1.29, 1.82) is 0 Å². The quantitative estimate of drug-likeness (QED) is 0.633. The van der Waals surface area contributed by atoms with Crippen LogP contribution in [0.25, 0.3) is 0 Å². The number of hydrogen-bond acceptors (Lipinski definition) is 5. The Hall–Kier alpha value is -1.47. The molecule has 1 rings (SSSR count). The molecule has 0 saturated carbocycles. The highest BCUT2D eigenvalue weighted by molar-refractivity contribution is 5.75. The molecule has 0 saturated heterocycles. The molecule has 0 aliphatic heterocycles. The standard InChI is InChI=1S/C11H20N4O3/c1-3-10(16)9-7-15(14-13-9)8-11(17)12-5-4-6-18-2/h7,10,16H,3-6,8H2,1-2H3,(H,12,17). The van der Waals surface area contributed by atoms with Gasteiger partial charge in [-0.15, -0.1) is 5.10 Å². The summed E-state index contributed by atoms with van der Waals surface area (Å²) in [6.07, 6.45) is 2.31. The number of ether oxygens (including phenoxy) is 1. The van der Waals surface area contributed by atoms with Gasteiger partial charge in [-0.3, -0.25) is 4.79 Å². The van der Waals surface area contributed by atoms with Gasteiger partial charge in [-0.2, -0.15) is 0 Å². The number of hydrogen-bond donors (Lipinski definition) is 2. The third kappa shape index (κ3) is 4.80. The first kappa shape index (κ1) is 14.6. The van der Waals surface area contributed by atoms with Crippen LogP contribution in [0.5, 0.6) is 0 Å². The van der Waals surface area contributed by atoms with Gasteiger partial charge < -0.3 is 15.2 Å². The van der Waals surface area contributed by atoms with Crippen LogP contribution in [0.3, 0.4) is 0 Å². The van der Waals surface area contributed by atoms with Crippen molar-refractivity contribution in [2.45, 2.75) is 32.4 Å². The summed E-state index contributed by atoms with van der Waals surface area (Å²) in [6.45, 7) is 3.16. The van der Waals surface area contributed by atoms with E-state index in [4.69, 9.17) is 4.74 Å². The Labute approximate surface area is 106 Å². The van der Waals surface area contributed by atoms with E-state index in [-0.39, 0.29) is 12.5 Å². The number of nitrogens with zero attached hydrogens (tertiary/aromatic N) is 3. The lowest BCUT2D eigenvalue weighted by atomic mass is 10.2. The van der Waals surface area contributed by atoms with E-state index in [0.29, 0.717) is 25.3 Å². The number of carbonyl (C=O) groups excluding carboxylic acids is 1. The van der Waals surface area contributed by atoms with E-state index < -0.39 is 6.10 Å². The van der Waals surface area contributed by atoms with E-state index in [1.54, 1.807) is 13.3 Å². The third-order valence-corrected chi connectivity index (χ3v) is 2.44. The van der Waals surface area contributed by atoms with Crippen molar-refractivity contribution in [2.24, 2.45) is 0 Å². The van der Waals surface area contributed by atoms with E-state index >= 15 is 0 Å². The summed E-state index contributed by atoms with van der Waals surface area (Å²) >= 11 is 0. The molecule has 18 heavy (non-hydrogen) atoms. The number of aliphatic hydroxyl groups excluding tert-OH is 1. The number of aromatic nitrogens is 3. The van der Waals surface area contributed by atoms with Crippen molar-refractivity contribution >= 4 is 5.91 Å². The minimum absolute atomic E-state index is 0.108. The topological polar surface area (TPSA) is 89.3 Å². The highest BCUT2D eigenvalue weighted by Gasteiger charge is 2.11. The highest BCUT2D eigenvalue weighted by atomic mass is 16.5. The average molecular weight is 256 g/mol. The van der Waals surface area contributed by atoms with Gasteiger partial charge in [0.25, 0.3) is 0 Å². The normalized spacial score (nSPS) is 12.4. The second-order valence-corrected chi connectivity index (χ2v) is 3.96. The summed E-state index contributed by atoms with van der Waals surface area (Å²) < 4.78 is 6.29. The van der Waals surface area contributed by atoms with Crippen molar-refractivity contribution in [3.63, 3.8) is 0 Å². The molecule has 1 aromatic heterocycles. The monoisotopic (exact) mass is 256 g/mol.